The van der Waals surface area contributed by atoms with Crippen LogP contribution in [-0.4, -0.2) is 26.2 Å². The fraction of sp³-hybridized carbons (Fsp3) is 0.533. The van der Waals surface area contributed by atoms with Crippen molar-refractivity contribution in [1.29, 1.82) is 0 Å². The molecule has 4 heteroatoms. The molecule has 0 spiro atoms. The van der Waals surface area contributed by atoms with Gasteiger partial charge in [-0.1, -0.05) is 62.9 Å². The van der Waals surface area contributed by atoms with Gasteiger partial charge in [0.1, 0.15) is 0 Å². The molecule has 1 aromatic carbocycles. The Bertz CT molecular complexity index is 398. The second-order valence-corrected chi connectivity index (χ2v) is 7.49. The summed E-state index contributed by atoms with van der Waals surface area (Å²) in [5.41, 5.74) is 0.762. The Balaban J connectivity index is 2.43. The van der Waals surface area contributed by atoms with Gasteiger partial charge in [-0.2, -0.15) is 0 Å². The van der Waals surface area contributed by atoms with E-state index in [-0.39, 0.29) is 22.7 Å². The van der Waals surface area contributed by atoms with Crippen LogP contribution < -0.4 is 0 Å². The first kappa shape index (κ1) is 16.2. The first-order valence-corrected chi connectivity index (χ1v) is 7.22. The zero-order valence-electron chi connectivity index (χ0n) is 11.7. The molecule has 2 N–H and O–H groups in total. The second-order valence-electron chi connectivity index (χ2n) is 5.61. The van der Waals surface area contributed by atoms with E-state index in [1.165, 1.54) is 11.8 Å². The van der Waals surface area contributed by atoms with E-state index in [0.717, 1.165) is 5.56 Å². The number of carbonyl (C=O) groups excluding carboxylic acids is 1. The van der Waals surface area contributed by atoms with E-state index in [0.29, 0.717) is 0 Å². The molecule has 0 amide bonds. The van der Waals surface area contributed by atoms with Crippen molar-refractivity contribution < 1.29 is 15.0 Å². The third-order valence-electron chi connectivity index (χ3n) is 2.50. The van der Waals surface area contributed by atoms with Gasteiger partial charge in [0.05, 0.1) is 12.2 Å². The molecular formula is C15H22O3S. The third kappa shape index (κ3) is 6.76. The molecule has 1 rings (SSSR count). The molecule has 1 aromatic rings. The minimum Gasteiger partial charge on any atom is -0.393 e. The van der Waals surface area contributed by atoms with E-state index in [2.05, 4.69) is 0 Å². The predicted molar refractivity (Wildman–Crippen MR) is 79.0 cm³/mol. The highest BCUT2D eigenvalue weighted by Gasteiger charge is 2.21. The van der Waals surface area contributed by atoms with Crippen molar-refractivity contribution in [1.82, 2.24) is 0 Å². The van der Waals surface area contributed by atoms with Crippen LogP contribution in [0.25, 0.3) is 0 Å². The molecule has 0 saturated heterocycles. The normalized spacial score (nSPS) is 15.0. The molecule has 0 aliphatic carbocycles. The molecule has 19 heavy (non-hydrogen) atoms. The lowest BCUT2D eigenvalue weighted by atomic mass is 10.0. The number of hydrogen-bond donors (Lipinski definition) is 2. The Labute approximate surface area is 119 Å². The smallest absolute Gasteiger partial charge is 0.192 e. The van der Waals surface area contributed by atoms with Crippen LogP contribution in [0.15, 0.2) is 30.3 Å². The molecule has 3 nitrogen and oxygen atoms in total. The average molecular weight is 282 g/mol. The number of carbonyl (C=O) groups is 1. The molecule has 2 unspecified atom stereocenters. The van der Waals surface area contributed by atoms with Crippen LogP contribution in [0.4, 0.5) is 0 Å². The van der Waals surface area contributed by atoms with Gasteiger partial charge in [0.25, 0.3) is 0 Å². The molecule has 0 radical (unpaired) electrons. The predicted octanol–water partition coefficient (Wildman–Crippen LogP) is 2.92. The van der Waals surface area contributed by atoms with Gasteiger partial charge < -0.3 is 10.2 Å². The highest BCUT2D eigenvalue weighted by molar-refractivity contribution is 8.14. The largest absolute Gasteiger partial charge is 0.393 e. The van der Waals surface area contributed by atoms with Crippen molar-refractivity contribution in [2.24, 2.45) is 0 Å². The van der Waals surface area contributed by atoms with Crippen molar-refractivity contribution in [3.63, 3.8) is 0 Å². The van der Waals surface area contributed by atoms with Gasteiger partial charge in [0, 0.05) is 17.6 Å². The summed E-state index contributed by atoms with van der Waals surface area (Å²) in [6.45, 7) is 5.88. The summed E-state index contributed by atoms with van der Waals surface area (Å²) in [7, 11) is 0. The first-order chi connectivity index (χ1) is 8.78. The van der Waals surface area contributed by atoms with Crippen LogP contribution in [0.2, 0.25) is 0 Å². The monoisotopic (exact) mass is 282 g/mol. The van der Waals surface area contributed by atoms with E-state index in [9.17, 15) is 15.0 Å². The van der Waals surface area contributed by atoms with Crippen molar-refractivity contribution in [3.8, 4) is 0 Å². The summed E-state index contributed by atoms with van der Waals surface area (Å²) in [4.78, 5) is 11.7. The average Bonchev–Trinajstić information content (AvgIpc) is 2.27. The zero-order chi connectivity index (χ0) is 14.5. The standard InChI is InChI=1S/C15H22O3S/c1-15(2,3)19-14(18)10-12(16)9-13(17)11-7-5-4-6-8-11/h4-8,12-13,16-17H,9-10H2,1-3H3. The SMILES string of the molecule is CC(C)(C)SC(=O)CC(O)CC(O)c1ccccc1. The van der Waals surface area contributed by atoms with E-state index in [4.69, 9.17) is 0 Å². The lowest BCUT2D eigenvalue weighted by Crippen LogP contribution is -2.19. The van der Waals surface area contributed by atoms with E-state index >= 15 is 0 Å². The maximum Gasteiger partial charge on any atom is 0.192 e. The molecule has 0 fully saturated rings. The van der Waals surface area contributed by atoms with Crippen LogP contribution in [0.1, 0.15) is 45.3 Å². The van der Waals surface area contributed by atoms with E-state index in [1.807, 2.05) is 51.1 Å². The Morgan fingerprint density at radius 1 is 1.21 bits per heavy atom. The Hall–Kier alpha value is -0.840. The van der Waals surface area contributed by atoms with Gasteiger partial charge in [-0.3, -0.25) is 4.79 Å². The summed E-state index contributed by atoms with van der Waals surface area (Å²) in [6.07, 6.45) is -1.28. The van der Waals surface area contributed by atoms with Gasteiger partial charge in [0.2, 0.25) is 0 Å². The lowest BCUT2D eigenvalue weighted by molar-refractivity contribution is -0.113. The van der Waals surface area contributed by atoms with Gasteiger partial charge in [-0.25, -0.2) is 0 Å². The van der Waals surface area contributed by atoms with Crippen molar-refractivity contribution in [3.05, 3.63) is 35.9 Å². The minimum absolute atomic E-state index is 0.0414. The van der Waals surface area contributed by atoms with Crippen LogP contribution in [0.5, 0.6) is 0 Å². The molecule has 2 atom stereocenters. The number of aliphatic hydroxyl groups excluding tert-OH is 2. The summed E-state index contributed by atoms with van der Waals surface area (Å²) < 4.78 is -0.144. The molecule has 0 aliphatic heterocycles. The highest BCUT2D eigenvalue weighted by atomic mass is 32.2. The van der Waals surface area contributed by atoms with Crippen LogP contribution >= 0.6 is 11.8 Å². The topological polar surface area (TPSA) is 57.5 Å². The fourth-order valence-electron chi connectivity index (χ4n) is 1.73. The molecule has 0 heterocycles. The van der Waals surface area contributed by atoms with Crippen molar-refractivity contribution >= 4 is 16.9 Å². The Kier molecular flexibility index (Phi) is 6.04. The van der Waals surface area contributed by atoms with E-state index < -0.39 is 12.2 Å². The zero-order valence-corrected chi connectivity index (χ0v) is 12.5. The molecule has 0 aliphatic rings. The summed E-state index contributed by atoms with van der Waals surface area (Å²) in [5, 5.41) is 19.8. The van der Waals surface area contributed by atoms with Crippen LogP contribution in [0.3, 0.4) is 0 Å². The van der Waals surface area contributed by atoms with Gasteiger partial charge in [0.15, 0.2) is 5.12 Å². The Morgan fingerprint density at radius 2 is 1.79 bits per heavy atom. The fourth-order valence-corrected chi connectivity index (χ4v) is 2.69. The molecule has 0 bridgehead atoms. The number of thioether (sulfide) groups is 1. The van der Waals surface area contributed by atoms with Gasteiger partial charge in [-0.05, 0) is 5.56 Å². The lowest BCUT2D eigenvalue weighted by Gasteiger charge is -2.19. The minimum atomic E-state index is -0.808. The third-order valence-corrected chi connectivity index (χ3v) is 3.51. The number of hydrogen-bond acceptors (Lipinski definition) is 4. The first-order valence-electron chi connectivity index (χ1n) is 6.41. The maximum absolute atomic E-state index is 11.7. The van der Waals surface area contributed by atoms with Gasteiger partial charge >= 0.3 is 0 Å². The quantitative estimate of drug-likeness (QED) is 0.872. The molecule has 0 aromatic heterocycles. The Morgan fingerprint density at radius 3 is 2.32 bits per heavy atom. The highest BCUT2D eigenvalue weighted by Crippen LogP contribution is 2.27. The van der Waals surface area contributed by atoms with Crippen molar-refractivity contribution in [2.75, 3.05) is 0 Å². The maximum atomic E-state index is 11.7. The second kappa shape index (κ2) is 7.08. The summed E-state index contributed by atoms with van der Waals surface area (Å²) >= 11 is 1.23. The van der Waals surface area contributed by atoms with Crippen LogP contribution in [0, 0.1) is 0 Å². The summed E-state index contributed by atoms with van der Waals surface area (Å²) in [6, 6.07) is 9.17. The molecule has 106 valence electrons. The molecular weight excluding hydrogens is 260 g/mol. The number of benzene rings is 1. The number of rotatable bonds is 5. The van der Waals surface area contributed by atoms with Crippen molar-refractivity contribution in [2.45, 2.75) is 50.6 Å². The van der Waals surface area contributed by atoms with Crippen LogP contribution in [-0.2, 0) is 4.79 Å². The number of aliphatic hydroxyl groups is 2. The van der Waals surface area contributed by atoms with E-state index in [1.54, 1.807) is 0 Å². The summed E-state index contributed by atoms with van der Waals surface area (Å²) in [5.74, 6) is 0. The van der Waals surface area contributed by atoms with Gasteiger partial charge in [-0.15, -0.1) is 0 Å². The molecule has 0 saturated carbocycles.